The Morgan fingerprint density at radius 3 is 2.84 bits per heavy atom. The summed E-state index contributed by atoms with van der Waals surface area (Å²) in [6.07, 6.45) is 5.09. The van der Waals surface area contributed by atoms with Gasteiger partial charge in [-0.2, -0.15) is 0 Å². The van der Waals surface area contributed by atoms with Gasteiger partial charge in [0, 0.05) is 15.2 Å². The molecule has 0 fully saturated rings. The quantitative estimate of drug-likeness (QED) is 0.668. The SMILES string of the molecule is CC(C)NCCCCCc1csc2c(Br)cccc12. The minimum atomic E-state index is 0.609. The van der Waals surface area contributed by atoms with E-state index in [1.165, 1.54) is 45.8 Å². The van der Waals surface area contributed by atoms with Gasteiger partial charge in [-0.3, -0.25) is 0 Å². The molecule has 104 valence electrons. The summed E-state index contributed by atoms with van der Waals surface area (Å²) < 4.78 is 2.61. The Labute approximate surface area is 128 Å². The van der Waals surface area contributed by atoms with E-state index >= 15 is 0 Å². The maximum absolute atomic E-state index is 3.63. The predicted octanol–water partition coefficient (Wildman–Crippen LogP) is 5.37. The van der Waals surface area contributed by atoms with Crippen molar-refractivity contribution in [3.8, 4) is 0 Å². The number of halogens is 1. The molecule has 1 N–H and O–H groups in total. The molecule has 19 heavy (non-hydrogen) atoms. The number of hydrogen-bond acceptors (Lipinski definition) is 2. The van der Waals surface area contributed by atoms with Crippen molar-refractivity contribution in [2.75, 3.05) is 6.54 Å². The molecule has 1 nitrogen and oxygen atoms in total. The molecule has 2 aromatic rings. The van der Waals surface area contributed by atoms with E-state index in [2.05, 4.69) is 58.7 Å². The molecule has 0 amide bonds. The van der Waals surface area contributed by atoms with Gasteiger partial charge < -0.3 is 5.32 Å². The van der Waals surface area contributed by atoms with Gasteiger partial charge in [0.25, 0.3) is 0 Å². The van der Waals surface area contributed by atoms with Crippen LogP contribution in [0.2, 0.25) is 0 Å². The molecule has 1 aromatic heterocycles. The number of fused-ring (bicyclic) bond motifs is 1. The van der Waals surface area contributed by atoms with Crippen molar-refractivity contribution in [3.63, 3.8) is 0 Å². The van der Waals surface area contributed by atoms with Gasteiger partial charge in [-0.05, 0) is 64.1 Å². The zero-order chi connectivity index (χ0) is 13.7. The molecule has 0 spiro atoms. The number of unbranched alkanes of at least 4 members (excludes halogenated alkanes) is 2. The number of hydrogen-bond donors (Lipinski definition) is 1. The third kappa shape index (κ3) is 4.30. The van der Waals surface area contributed by atoms with E-state index < -0.39 is 0 Å². The second kappa shape index (κ2) is 7.41. The number of aryl methyl sites for hydroxylation is 1. The normalized spacial score (nSPS) is 11.6. The van der Waals surface area contributed by atoms with Crippen LogP contribution in [0.3, 0.4) is 0 Å². The smallest absolute Gasteiger partial charge is 0.0487 e. The van der Waals surface area contributed by atoms with Crippen molar-refractivity contribution in [1.29, 1.82) is 0 Å². The lowest BCUT2D eigenvalue weighted by atomic mass is 10.1. The molecule has 0 saturated heterocycles. The van der Waals surface area contributed by atoms with Gasteiger partial charge >= 0.3 is 0 Å². The molecule has 0 unspecified atom stereocenters. The average Bonchev–Trinajstić information content (AvgIpc) is 2.78. The van der Waals surface area contributed by atoms with Gasteiger partial charge in [0.2, 0.25) is 0 Å². The lowest BCUT2D eigenvalue weighted by molar-refractivity contribution is 0.549. The second-order valence-corrected chi connectivity index (χ2v) is 7.03. The van der Waals surface area contributed by atoms with Gasteiger partial charge in [0.15, 0.2) is 0 Å². The first-order chi connectivity index (χ1) is 9.18. The first-order valence-corrected chi connectivity index (χ1v) is 8.73. The predicted molar refractivity (Wildman–Crippen MR) is 90.2 cm³/mol. The fraction of sp³-hybridized carbons (Fsp3) is 0.500. The Morgan fingerprint density at radius 1 is 1.21 bits per heavy atom. The van der Waals surface area contributed by atoms with Crippen molar-refractivity contribution in [3.05, 3.63) is 33.6 Å². The summed E-state index contributed by atoms with van der Waals surface area (Å²) in [7, 11) is 0. The zero-order valence-corrected chi connectivity index (χ0v) is 14.1. The van der Waals surface area contributed by atoms with Gasteiger partial charge in [-0.1, -0.05) is 32.4 Å². The van der Waals surface area contributed by atoms with E-state index in [9.17, 15) is 0 Å². The summed E-state index contributed by atoms with van der Waals surface area (Å²) in [5, 5.41) is 7.22. The molecule has 0 aliphatic rings. The third-order valence-corrected chi connectivity index (χ3v) is 5.31. The van der Waals surface area contributed by atoms with Crippen LogP contribution in [0.1, 0.15) is 38.7 Å². The van der Waals surface area contributed by atoms with Gasteiger partial charge in [0.1, 0.15) is 0 Å². The van der Waals surface area contributed by atoms with E-state index in [1.807, 2.05) is 11.3 Å². The van der Waals surface area contributed by atoms with E-state index in [0.29, 0.717) is 6.04 Å². The first kappa shape index (κ1) is 15.0. The van der Waals surface area contributed by atoms with Crippen LogP contribution in [0.4, 0.5) is 0 Å². The van der Waals surface area contributed by atoms with Gasteiger partial charge in [-0.15, -0.1) is 11.3 Å². The lowest BCUT2D eigenvalue weighted by Crippen LogP contribution is -2.23. The second-order valence-electron chi connectivity index (χ2n) is 5.30. The van der Waals surface area contributed by atoms with Gasteiger partial charge in [-0.25, -0.2) is 0 Å². The maximum Gasteiger partial charge on any atom is 0.0487 e. The van der Waals surface area contributed by atoms with E-state index in [-0.39, 0.29) is 0 Å². The van der Waals surface area contributed by atoms with Crippen LogP contribution in [-0.2, 0) is 6.42 Å². The van der Waals surface area contributed by atoms with Crippen molar-refractivity contribution in [2.24, 2.45) is 0 Å². The van der Waals surface area contributed by atoms with Crippen molar-refractivity contribution in [1.82, 2.24) is 5.32 Å². The van der Waals surface area contributed by atoms with Crippen LogP contribution in [0.25, 0.3) is 10.1 Å². The number of rotatable bonds is 7. The Bertz CT molecular complexity index is 518. The molecule has 0 atom stereocenters. The maximum atomic E-state index is 3.63. The highest BCUT2D eigenvalue weighted by atomic mass is 79.9. The fourth-order valence-electron chi connectivity index (χ4n) is 2.28. The molecule has 0 aliphatic heterocycles. The first-order valence-electron chi connectivity index (χ1n) is 7.06. The van der Waals surface area contributed by atoms with Crippen LogP contribution in [0, 0.1) is 0 Å². The molecule has 0 radical (unpaired) electrons. The van der Waals surface area contributed by atoms with Gasteiger partial charge in [0.05, 0.1) is 0 Å². The molecule has 1 heterocycles. The van der Waals surface area contributed by atoms with Crippen molar-refractivity contribution >= 4 is 37.4 Å². The molecule has 1 aromatic carbocycles. The monoisotopic (exact) mass is 339 g/mol. The molecule has 2 rings (SSSR count). The molecular weight excluding hydrogens is 318 g/mol. The fourth-order valence-corrected chi connectivity index (χ4v) is 3.93. The topological polar surface area (TPSA) is 12.0 Å². The van der Waals surface area contributed by atoms with Crippen molar-refractivity contribution in [2.45, 2.75) is 45.6 Å². The molecule has 3 heteroatoms. The summed E-state index contributed by atoms with van der Waals surface area (Å²) in [6, 6.07) is 7.11. The number of nitrogens with one attached hydrogen (secondary N) is 1. The Morgan fingerprint density at radius 2 is 2.05 bits per heavy atom. The summed E-state index contributed by atoms with van der Waals surface area (Å²) in [5.41, 5.74) is 1.51. The highest BCUT2D eigenvalue weighted by molar-refractivity contribution is 9.10. The van der Waals surface area contributed by atoms with Crippen LogP contribution in [0.5, 0.6) is 0 Å². The molecule has 0 saturated carbocycles. The van der Waals surface area contributed by atoms with Crippen molar-refractivity contribution < 1.29 is 0 Å². The van der Waals surface area contributed by atoms with Crippen LogP contribution < -0.4 is 5.32 Å². The molecule has 0 aliphatic carbocycles. The van der Waals surface area contributed by atoms with E-state index in [1.54, 1.807) is 0 Å². The van der Waals surface area contributed by atoms with E-state index in [4.69, 9.17) is 0 Å². The summed E-state index contributed by atoms with van der Waals surface area (Å²) in [4.78, 5) is 0. The largest absolute Gasteiger partial charge is 0.315 e. The summed E-state index contributed by atoms with van der Waals surface area (Å²) in [6.45, 7) is 5.55. The Hall–Kier alpha value is -0.380. The zero-order valence-electron chi connectivity index (χ0n) is 11.7. The molecule has 0 bridgehead atoms. The third-order valence-electron chi connectivity index (χ3n) is 3.31. The van der Waals surface area contributed by atoms with Crippen LogP contribution in [-0.4, -0.2) is 12.6 Å². The minimum Gasteiger partial charge on any atom is -0.315 e. The number of benzene rings is 1. The average molecular weight is 340 g/mol. The summed E-state index contributed by atoms with van der Waals surface area (Å²) >= 11 is 5.48. The standard InChI is InChI=1S/C16H22BrNS/c1-12(2)18-10-5-3-4-7-13-11-19-16-14(13)8-6-9-15(16)17/h6,8-9,11-12,18H,3-5,7,10H2,1-2H3. The summed E-state index contributed by atoms with van der Waals surface area (Å²) in [5.74, 6) is 0. The highest BCUT2D eigenvalue weighted by Crippen LogP contribution is 2.32. The molecular formula is C16H22BrNS. The Balaban J connectivity index is 1.81. The van der Waals surface area contributed by atoms with E-state index in [0.717, 1.165) is 6.54 Å². The highest BCUT2D eigenvalue weighted by Gasteiger charge is 2.06. The Kier molecular flexibility index (Phi) is 5.86. The lowest BCUT2D eigenvalue weighted by Gasteiger charge is -2.07. The van der Waals surface area contributed by atoms with Crippen LogP contribution in [0.15, 0.2) is 28.1 Å². The number of thiophene rings is 1. The minimum absolute atomic E-state index is 0.609. The van der Waals surface area contributed by atoms with Crippen LogP contribution >= 0.6 is 27.3 Å².